The minimum atomic E-state index is -0.397. The van der Waals surface area contributed by atoms with E-state index in [0.717, 1.165) is 5.69 Å². The van der Waals surface area contributed by atoms with E-state index in [2.05, 4.69) is 10.5 Å². The molecule has 0 spiro atoms. The third-order valence-corrected chi connectivity index (χ3v) is 2.43. The molecule has 19 heavy (non-hydrogen) atoms. The van der Waals surface area contributed by atoms with Crippen molar-refractivity contribution in [1.29, 1.82) is 5.26 Å². The first-order valence-corrected chi connectivity index (χ1v) is 5.70. The van der Waals surface area contributed by atoms with Crippen molar-refractivity contribution in [3.63, 3.8) is 0 Å². The highest BCUT2D eigenvalue weighted by Gasteiger charge is 2.13. The standard InChI is InChI=1S/C15H11N3O/c16-11-14(15(19)12-7-3-1-4-8-12)18-17-13-9-5-2-6-10-13/h1-10,17H. The largest absolute Gasteiger partial charge is 0.286 e. The predicted octanol–water partition coefficient (Wildman–Crippen LogP) is 2.86. The number of ketones is 1. The second-order valence-corrected chi connectivity index (χ2v) is 3.75. The molecule has 0 aliphatic rings. The maximum atomic E-state index is 12.0. The average Bonchev–Trinajstić information content (AvgIpc) is 2.49. The lowest BCUT2D eigenvalue weighted by atomic mass is 10.1. The van der Waals surface area contributed by atoms with Crippen molar-refractivity contribution >= 4 is 17.2 Å². The quantitative estimate of drug-likeness (QED) is 0.514. The fraction of sp³-hybridized carbons (Fsp3) is 0. The molecule has 0 heterocycles. The number of hydrogen-bond acceptors (Lipinski definition) is 4. The number of benzene rings is 2. The van der Waals surface area contributed by atoms with E-state index in [1.807, 2.05) is 30.3 Å². The zero-order chi connectivity index (χ0) is 13.5. The Morgan fingerprint density at radius 1 is 1.00 bits per heavy atom. The van der Waals surface area contributed by atoms with Crippen LogP contribution in [0.1, 0.15) is 10.4 Å². The molecule has 4 heteroatoms. The zero-order valence-electron chi connectivity index (χ0n) is 10.1. The molecule has 0 atom stereocenters. The van der Waals surface area contributed by atoms with E-state index in [4.69, 9.17) is 5.26 Å². The van der Waals surface area contributed by atoms with Crippen LogP contribution in [-0.4, -0.2) is 11.5 Å². The molecule has 4 nitrogen and oxygen atoms in total. The number of anilines is 1. The molecular formula is C15H11N3O. The summed E-state index contributed by atoms with van der Waals surface area (Å²) in [5.74, 6) is -0.397. The van der Waals surface area contributed by atoms with E-state index in [1.54, 1.807) is 36.4 Å². The van der Waals surface area contributed by atoms with E-state index in [9.17, 15) is 4.79 Å². The molecule has 2 aromatic rings. The van der Waals surface area contributed by atoms with Crippen LogP contribution in [0.5, 0.6) is 0 Å². The summed E-state index contributed by atoms with van der Waals surface area (Å²) in [7, 11) is 0. The first-order chi connectivity index (χ1) is 9.31. The van der Waals surface area contributed by atoms with Crippen LogP contribution in [-0.2, 0) is 0 Å². The number of nitrogens with zero attached hydrogens (tertiary/aromatic N) is 2. The van der Waals surface area contributed by atoms with Crippen LogP contribution >= 0.6 is 0 Å². The molecule has 2 rings (SSSR count). The van der Waals surface area contributed by atoms with Gasteiger partial charge in [0.2, 0.25) is 11.5 Å². The Kier molecular flexibility index (Phi) is 4.04. The molecule has 2 aromatic carbocycles. The van der Waals surface area contributed by atoms with Gasteiger partial charge in [-0.2, -0.15) is 10.4 Å². The summed E-state index contributed by atoms with van der Waals surface area (Å²) in [6.45, 7) is 0. The molecule has 1 N–H and O–H groups in total. The molecule has 0 aliphatic heterocycles. The van der Waals surface area contributed by atoms with Crippen molar-refractivity contribution in [2.45, 2.75) is 0 Å². The van der Waals surface area contributed by atoms with Gasteiger partial charge in [-0.15, -0.1) is 0 Å². The van der Waals surface area contributed by atoms with E-state index < -0.39 is 5.78 Å². The Labute approximate surface area is 111 Å². The number of hydrogen-bond donors (Lipinski definition) is 1. The van der Waals surface area contributed by atoms with Gasteiger partial charge >= 0.3 is 0 Å². The minimum absolute atomic E-state index is 0.171. The Morgan fingerprint density at radius 2 is 1.58 bits per heavy atom. The van der Waals surface area contributed by atoms with Crippen molar-refractivity contribution in [2.24, 2.45) is 5.10 Å². The Balaban J connectivity index is 2.17. The number of hydrazone groups is 1. The van der Waals surface area contributed by atoms with Gasteiger partial charge in [0.15, 0.2) is 0 Å². The van der Waals surface area contributed by atoms with Crippen molar-refractivity contribution < 1.29 is 4.79 Å². The summed E-state index contributed by atoms with van der Waals surface area (Å²) in [6.07, 6.45) is 0. The van der Waals surface area contributed by atoms with E-state index in [0.29, 0.717) is 5.56 Å². The highest BCUT2D eigenvalue weighted by atomic mass is 16.1. The summed E-state index contributed by atoms with van der Waals surface area (Å²) < 4.78 is 0. The lowest BCUT2D eigenvalue weighted by Crippen LogP contribution is -2.14. The van der Waals surface area contributed by atoms with Gasteiger partial charge in [-0.3, -0.25) is 10.2 Å². The summed E-state index contributed by atoms with van der Waals surface area (Å²) in [6, 6.07) is 19.5. The Bertz CT molecular complexity index is 627. The Morgan fingerprint density at radius 3 is 2.16 bits per heavy atom. The number of nitriles is 1. The Hall–Kier alpha value is -2.93. The highest BCUT2D eigenvalue weighted by Crippen LogP contribution is 2.06. The average molecular weight is 249 g/mol. The maximum absolute atomic E-state index is 12.0. The van der Waals surface area contributed by atoms with Crippen molar-refractivity contribution in [3.8, 4) is 6.07 Å². The van der Waals surface area contributed by atoms with Crippen LogP contribution in [0.2, 0.25) is 0 Å². The van der Waals surface area contributed by atoms with Crippen LogP contribution in [0.3, 0.4) is 0 Å². The van der Waals surface area contributed by atoms with E-state index in [-0.39, 0.29) is 5.71 Å². The van der Waals surface area contributed by atoms with Crippen LogP contribution in [0.25, 0.3) is 0 Å². The summed E-state index contributed by atoms with van der Waals surface area (Å²) in [5, 5.41) is 12.8. The van der Waals surface area contributed by atoms with Gasteiger partial charge in [-0.25, -0.2) is 0 Å². The molecule has 0 aliphatic carbocycles. The van der Waals surface area contributed by atoms with E-state index in [1.165, 1.54) is 0 Å². The monoisotopic (exact) mass is 249 g/mol. The molecule has 0 radical (unpaired) electrons. The molecule has 0 aromatic heterocycles. The molecular weight excluding hydrogens is 238 g/mol. The second kappa shape index (κ2) is 6.12. The third-order valence-electron chi connectivity index (χ3n) is 2.43. The van der Waals surface area contributed by atoms with Crippen molar-refractivity contribution in [1.82, 2.24) is 0 Å². The number of Topliss-reactive ketones (excluding diaryl/α,β-unsaturated/α-hetero) is 1. The number of rotatable bonds is 4. The molecule has 0 unspecified atom stereocenters. The smallest absolute Gasteiger partial charge is 0.223 e. The van der Waals surface area contributed by atoms with Gasteiger partial charge in [-0.05, 0) is 12.1 Å². The van der Waals surface area contributed by atoms with Crippen LogP contribution in [0.15, 0.2) is 65.8 Å². The van der Waals surface area contributed by atoms with Gasteiger partial charge in [-0.1, -0.05) is 48.5 Å². The predicted molar refractivity (Wildman–Crippen MR) is 73.9 cm³/mol. The molecule has 0 fully saturated rings. The topological polar surface area (TPSA) is 65.2 Å². The lowest BCUT2D eigenvalue weighted by molar-refractivity contribution is 0.106. The second-order valence-electron chi connectivity index (χ2n) is 3.75. The molecule has 0 saturated carbocycles. The molecule has 0 bridgehead atoms. The fourth-order valence-electron chi connectivity index (χ4n) is 1.49. The maximum Gasteiger partial charge on any atom is 0.223 e. The molecule has 0 amide bonds. The molecule has 0 saturated heterocycles. The van der Waals surface area contributed by atoms with Gasteiger partial charge in [0, 0.05) is 5.56 Å². The first kappa shape index (κ1) is 12.5. The number of carbonyl (C=O) groups is 1. The molecule has 92 valence electrons. The summed E-state index contributed by atoms with van der Waals surface area (Å²) >= 11 is 0. The number of nitrogens with one attached hydrogen (secondary N) is 1. The summed E-state index contributed by atoms with van der Waals surface area (Å²) in [5.41, 5.74) is 3.68. The van der Waals surface area contributed by atoms with Gasteiger partial charge in [0.25, 0.3) is 0 Å². The van der Waals surface area contributed by atoms with Crippen LogP contribution in [0.4, 0.5) is 5.69 Å². The SMILES string of the molecule is N#CC(=NNc1ccccc1)C(=O)c1ccccc1. The summed E-state index contributed by atoms with van der Waals surface area (Å²) in [4.78, 5) is 12.0. The van der Waals surface area contributed by atoms with Gasteiger partial charge in [0.05, 0.1) is 5.69 Å². The van der Waals surface area contributed by atoms with Gasteiger partial charge < -0.3 is 0 Å². The number of para-hydroxylation sites is 1. The van der Waals surface area contributed by atoms with E-state index >= 15 is 0 Å². The first-order valence-electron chi connectivity index (χ1n) is 5.70. The minimum Gasteiger partial charge on any atom is -0.286 e. The number of carbonyl (C=O) groups excluding carboxylic acids is 1. The highest BCUT2D eigenvalue weighted by molar-refractivity contribution is 6.51. The van der Waals surface area contributed by atoms with Crippen molar-refractivity contribution in [2.75, 3.05) is 5.43 Å². The fourth-order valence-corrected chi connectivity index (χ4v) is 1.49. The third kappa shape index (κ3) is 3.27. The lowest BCUT2D eigenvalue weighted by Gasteiger charge is -2.01. The van der Waals surface area contributed by atoms with Gasteiger partial charge in [0.1, 0.15) is 6.07 Å². The zero-order valence-corrected chi connectivity index (χ0v) is 10.1. The van der Waals surface area contributed by atoms with Crippen LogP contribution < -0.4 is 5.43 Å². The normalized spacial score (nSPS) is 10.6. The van der Waals surface area contributed by atoms with Crippen LogP contribution in [0, 0.1) is 11.3 Å². The van der Waals surface area contributed by atoms with Crippen molar-refractivity contribution in [3.05, 3.63) is 66.2 Å².